The van der Waals surface area contributed by atoms with E-state index in [-0.39, 0.29) is 6.03 Å². The van der Waals surface area contributed by atoms with Crippen LogP contribution in [0.5, 0.6) is 5.75 Å². The van der Waals surface area contributed by atoms with Crippen LogP contribution in [0.15, 0.2) is 24.3 Å². The fraction of sp³-hybridized carbons (Fsp3) is 0.412. The van der Waals surface area contributed by atoms with Crippen molar-refractivity contribution in [1.29, 1.82) is 0 Å². The summed E-state index contributed by atoms with van der Waals surface area (Å²) in [6.07, 6.45) is 0. The first-order valence-corrected chi connectivity index (χ1v) is 8.02. The van der Waals surface area contributed by atoms with E-state index in [4.69, 9.17) is 4.74 Å². The summed E-state index contributed by atoms with van der Waals surface area (Å²) in [5.74, 6) is 1.45. The van der Waals surface area contributed by atoms with E-state index in [1.165, 1.54) is 0 Å². The van der Waals surface area contributed by atoms with Crippen LogP contribution in [0, 0.1) is 0 Å². The second-order valence-corrected chi connectivity index (χ2v) is 6.23. The summed E-state index contributed by atoms with van der Waals surface area (Å²) in [5, 5.41) is 13.6. The van der Waals surface area contributed by atoms with Crippen LogP contribution in [-0.4, -0.2) is 34.8 Å². The number of carbonyl (C=O) groups excluding carboxylic acids is 1. The number of carbonyl (C=O) groups is 1. The van der Waals surface area contributed by atoms with Gasteiger partial charge in [-0.05, 0) is 32.9 Å². The molecule has 0 aliphatic carbocycles. The standard InChI is InChI=1S/C17H23N5O2/c1-5-18-15-11-10-22(17(2,3)14(11)20-21-15)16(23)19-12-8-6-7-9-13(12)24-4/h6-9H,5,10H2,1-4H3,(H,19,23)(H2,18,20,21). The lowest BCUT2D eigenvalue weighted by Crippen LogP contribution is -2.43. The number of aromatic amines is 1. The van der Waals surface area contributed by atoms with Gasteiger partial charge in [0.05, 0.1) is 30.6 Å². The van der Waals surface area contributed by atoms with Crippen molar-refractivity contribution < 1.29 is 9.53 Å². The molecule has 2 aromatic rings. The van der Waals surface area contributed by atoms with E-state index in [0.29, 0.717) is 18.0 Å². The van der Waals surface area contributed by atoms with Gasteiger partial charge in [-0.3, -0.25) is 5.10 Å². The molecule has 1 aliphatic rings. The molecule has 3 N–H and O–H groups in total. The average molecular weight is 329 g/mol. The number of rotatable bonds is 4. The Morgan fingerprint density at radius 2 is 2.17 bits per heavy atom. The number of fused-ring (bicyclic) bond motifs is 1. The highest BCUT2D eigenvalue weighted by Gasteiger charge is 2.43. The van der Waals surface area contributed by atoms with Crippen molar-refractivity contribution in [2.45, 2.75) is 32.9 Å². The summed E-state index contributed by atoms with van der Waals surface area (Å²) in [6, 6.07) is 7.21. The molecule has 2 amide bonds. The van der Waals surface area contributed by atoms with Crippen molar-refractivity contribution in [2.75, 3.05) is 24.3 Å². The maximum atomic E-state index is 12.8. The molecule has 0 unspecified atom stereocenters. The van der Waals surface area contributed by atoms with Crippen LogP contribution in [-0.2, 0) is 12.1 Å². The maximum absolute atomic E-state index is 12.8. The minimum Gasteiger partial charge on any atom is -0.495 e. The number of methoxy groups -OCH3 is 1. The molecule has 2 heterocycles. The van der Waals surface area contributed by atoms with Gasteiger partial charge in [0.25, 0.3) is 0 Å². The summed E-state index contributed by atoms with van der Waals surface area (Å²) in [7, 11) is 1.59. The highest BCUT2D eigenvalue weighted by atomic mass is 16.5. The molecule has 0 spiro atoms. The highest BCUT2D eigenvalue weighted by molar-refractivity contribution is 5.92. The van der Waals surface area contributed by atoms with Crippen LogP contribution in [0.3, 0.4) is 0 Å². The molecule has 0 radical (unpaired) electrons. The Balaban J connectivity index is 1.84. The Morgan fingerprint density at radius 3 is 2.88 bits per heavy atom. The number of para-hydroxylation sites is 2. The van der Waals surface area contributed by atoms with Crippen molar-refractivity contribution >= 4 is 17.5 Å². The zero-order chi connectivity index (χ0) is 17.3. The Labute approximate surface area is 141 Å². The largest absolute Gasteiger partial charge is 0.495 e. The first kappa shape index (κ1) is 16.2. The second kappa shape index (κ2) is 6.07. The third-order valence-corrected chi connectivity index (χ3v) is 4.41. The summed E-state index contributed by atoms with van der Waals surface area (Å²) >= 11 is 0. The van der Waals surface area contributed by atoms with Gasteiger partial charge in [-0.15, -0.1) is 0 Å². The predicted octanol–water partition coefficient (Wildman–Crippen LogP) is 3.13. The molecule has 0 atom stereocenters. The SMILES string of the molecule is CCNc1n[nH]c2c1CN(C(=O)Nc1ccccc1OC)C2(C)C. The van der Waals surface area contributed by atoms with Crippen molar-refractivity contribution in [2.24, 2.45) is 0 Å². The van der Waals surface area contributed by atoms with E-state index >= 15 is 0 Å². The van der Waals surface area contributed by atoms with Crippen LogP contribution in [0.25, 0.3) is 0 Å². The lowest BCUT2D eigenvalue weighted by molar-refractivity contribution is 0.155. The van der Waals surface area contributed by atoms with Gasteiger partial charge in [-0.2, -0.15) is 5.10 Å². The number of urea groups is 1. The smallest absolute Gasteiger partial charge is 0.323 e. The number of nitrogens with zero attached hydrogens (tertiary/aromatic N) is 2. The number of H-pyrrole nitrogens is 1. The predicted molar refractivity (Wildman–Crippen MR) is 93.3 cm³/mol. The molecule has 24 heavy (non-hydrogen) atoms. The van der Waals surface area contributed by atoms with Crippen LogP contribution >= 0.6 is 0 Å². The van der Waals surface area contributed by atoms with E-state index in [2.05, 4.69) is 20.8 Å². The molecule has 0 saturated carbocycles. The van der Waals surface area contributed by atoms with Crippen molar-refractivity contribution in [3.63, 3.8) is 0 Å². The molecule has 1 aromatic carbocycles. The fourth-order valence-corrected chi connectivity index (χ4v) is 3.09. The monoisotopic (exact) mass is 329 g/mol. The lowest BCUT2D eigenvalue weighted by Gasteiger charge is -2.32. The van der Waals surface area contributed by atoms with Gasteiger partial charge >= 0.3 is 6.03 Å². The molecule has 0 saturated heterocycles. The molecular weight excluding hydrogens is 306 g/mol. The van der Waals surface area contributed by atoms with E-state index in [0.717, 1.165) is 23.6 Å². The van der Waals surface area contributed by atoms with E-state index in [1.807, 2.05) is 45.0 Å². The van der Waals surface area contributed by atoms with Gasteiger partial charge in [0.15, 0.2) is 5.82 Å². The van der Waals surface area contributed by atoms with Crippen molar-refractivity contribution in [1.82, 2.24) is 15.1 Å². The normalized spacial score (nSPS) is 15.1. The van der Waals surface area contributed by atoms with Crippen molar-refractivity contribution in [3.8, 4) is 5.75 Å². The van der Waals surface area contributed by atoms with Gasteiger partial charge < -0.3 is 20.3 Å². The first-order valence-electron chi connectivity index (χ1n) is 8.02. The topological polar surface area (TPSA) is 82.3 Å². The Kier molecular flexibility index (Phi) is 4.09. The van der Waals surface area contributed by atoms with Gasteiger partial charge in [0.2, 0.25) is 0 Å². The average Bonchev–Trinajstić information content (AvgIpc) is 3.07. The Bertz CT molecular complexity index is 753. The Morgan fingerprint density at radius 1 is 1.42 bits per heavy atom. The van der Waals surface area contributed by atoms with Gasteiger partial charge in [-0.1, -0.05) is 12.1 Å². The van der Waals surface area contributed by atoms with E-state index in [9.17, 15) is 4.79 Å². The lowest BCUT2D eigenvalue weighted by atomic mass is 10.0. The highest BCUT2D eigenvalue weighted by Crippen LogP contribution is 2.41. The fourth-order valence-electron chi connectivity index (χ4n) is 3.09. The molecule has 1 aromatic heterocycles. The minimum atomic E-state index is -0.470. The van der Waals surface area contributed by atoms with E-state index < -0.39 is 5.54 Å². The van der Waals surface area contributed by atoms with Crippen LogP contribution < -0.4 is 15.4 Å². The third-order valence-electron chi connectivity index (χ3n) is 4.41. The van der Waals surface area contributed by atoms with Crippen LogP contribution in [0.1, 0.15) is 32.0 Å². The van der Waals surface area contributed by atoms with Crippen molar-refractivity contribution in [3.05, 3.63) is 35.5 Å². The maximum Gasteiger partial charge on any atom is 0.323 e. The molecule has 0 bridgehead atoms. The zero-order valence-corrected chi connectivity index (χ0v) is 14.4. The Hall–Kier alpha value is -2.70. The number of hydrogen-bond donors (Lipinski definition) is 3. The summed E-state index contributed by atoms with van der Waals surface area (Å²) in [5.41, 5.74) is 2.19. The number of benzene rings is 1. The first-order chi connectivity index (χ1) is 11.5. The van der Waals surface area contributed by atoms with Crippen LogP contribution in [0.4, 0.5) is 16.3 Å². The zero-order valence-electron chi connectivity index (χ0n) is 14.4. The summed E-state index contributed by atoms with van der Waals surface area (Å²) < 4.78 is 5.30. The summed E-state index contributed by atoms with van der Waals surface area (Å²) in [6.45, 7) is 7.32. The van der Waals surface area contributed by atoms with Gasteiger partial charge in [0, 0.05) is 12.1 Å². The summed E-state index contributed by atoms with van der Waals surface area (Å²) in [4.78, 5) is 14.6. The molecule has 3 rings (SSSR count). The molecule has 1 aliphatic heterocycles. The van der Waals surface area contributed by atoms with E-state index in [1.54, 1.807) is 12.0 Å². The van der Waals surface area contributed by atoms with Gasteiger partial charge in [0.1, 0.15) is 5.75 Å². The molecule has 128 valence electrons. The minimum absolute atomic E-state index is 0.170. The second-order valence-electron chi connectivity index (χ2n) is 6.23. The third kappa shape index (κ3) is 2.55. The van der Waals surface area contributed by atoms with Crippen LogP contribution in [0.2, 0.25) is 0 Å². The molecule has 0 fully saturated rings. The number of ether oxygens (including phenoxy) is 1. The van der Waals surface area contributed by atoms with Gasteiger partial charge in [-0.25, -0.2) is 4.79 Å². The number of anilines is 2. The number of nitrogens with one attached hydrogen (secondary N) is 3. The number of hydrogen-bond acceptors (Lipinski definition) is 4. The molecule has 7 nitrogen and oxygen atoms in total. The molecule has 7 heteroatoms. The molecular formula is C17H23N5O2. The quantitative estimate of drug-likeness (QED) is 0.805. The number of aromatic nitrogens is 2. The number of amides is 2.